The van der Waals surface area contributed by atoms with Crippen LogP contribution in [0, 0.1) is 10.1 Å². The highest BCUT2D eigenvalue weighted by Crippen LogP contribution is 2.37. The summed E-state index contributed by atoms with van der Waals surface area (Å²) in [6, 6.07) is 5.01. The molecule has 2 aromatic rings. The molecule has 0 saturated heterocycles. The minimum atomic E-state index is -0.469. The van der Waals surface area contributed by atoms with Crippen LogP contribution in [-0.4, -0.2) is 9.91 Å². The molecule has 16 heavy (non-hydrogen) atoms. The second kappa shape index (κ2) is 4.15. The first-order valence-electron chi connectivity index (χ1n) is 4.37. The van der Waals surface area contributed by atoms with Crippen LogP contribution in [0.1, 0.15) is 0 Å². The molecule has 0 aliphatic rings. The van der Waals surface area contributed by atoms with Crippen molar-refractivity contribution in [2.45, 2.75) is 0 Å². The summed E-state index contributed by atoms with van der Waals surface area (Å²) in [5.74, 6) is 0. The Labute approximate surface area is 101 Å². The number of rotatable bonds is 2. The molecule has 2 rings (SSSR count). The predicted octanol–water partition coefficient (Wildman–Crippen LogP) is 3.90. The number of nitrogens with one attached hydrogen (secondary N) is 1. The van der Waals surface area contributed by atoms with Crippen molar-refractivity contribution < 1.29 is 4.92 Å². The molecule has 1 aromatic heterocycles. The van der Waals surface area contributed by atoms with Crippen LogP contribution < -0.4 is 0 Å². The minimum absolute atomic E-state index is 0.0239. The van der Waals surface area contributed by atoms with Gasteiger partial charge in [-0.3, -0.25) is 10.1 Å². The molecule has 1 heterocycles. The van der Waals surface area contributed by atoms with Crippen LogP contribution in [0.25, 0.3) is 11.1 Å². The van der Waals surface area contributed by atoms with Gasteiger partial charge < -0.3 is 4.98 Å². The van der Waals surface area contributed by atoms with Gasteiger partial charge >= 0.3 is 0 Å². The third-order valence-electron chi connectivity index (χ3n) is 2.16. The normalized spacial score (nSPS) is 10.4. The molecule has 1 aromatic carbocycles. The molecular formula is C10H6Cl2N2O2. The topological polar surface area (TPSA) is 58.9 Å². The van der Waals surface area contributed by atoms with Gasteiger partial charge in [0.1, 0.15) is 0 Å². The zero-order valence-corrected chi connectivity index (χ0v) is 9.42. The molecule has 0 aliphatic carbocycles. The Bertz CT molecular complexity index is 552. The quantitative estimate of drug-likeness (QED) is 0.655. The summed E-state index contributed by atoms with van der Waals surface area (Å²) < 4.78 is 0. The third-order valence-corrected chi connectivity index (χ3v) is 2.98. The molecule has 0 aliphatic heterocycles. The number of nitrogens with zero attached hydrogens (tertiary/aromatic N) is 1. The van der Waals surface area contributed by atoms with Gasteiger partial charge in [-0.2, -0.15) is 0 Å². The highest BCUT2D eigenvalue weighted by molar-refractivity contribution is 6.43. The van der Waals surface area contributed by atoms with E-state index in [1.165, 1.54) is 12.4 Å². The van der Waals surface area contributed by atoms with Crippen molar-refractivity contribution in [2.75, 3.05) is 0 Å². The largest absolute Gasteiger partial charge is 0.361 e. The fourth-order valence-electron chi connectivity index (χ4n) is 1.43. The summed E-state index contributed by atoms with van der Waals surface area (Å²) in [5.41, 5.74) is 0.948. The van der Waals surface area contributed by atoms with E-state index in [-0.39, 0.29) is 5.69 Å². The van der Waals surface area contributed by atoms with Gasteiger partial charge in [0.25, 0.3) is 5.69 Å². The molecule has 0 radical (unpaired) electrons. The Hall–Kier alpha value is -1.52. The first-order chi connectivity index (χ1) is 7.61. The number of hydrogen-bond donors (Lipinski definition) is 1. The van der Waals surface area contributed by atoms with Gasteiger partial charge in [0.2, 0.25) is 0 Å². The van der Waals surface area contributed by atoms with E-state index in [1.54, 1.807) is 18.2 Å². The van der Waals surface area contributed by atoms with Gasteiger partial charge in [0, 0.05) is 11.8 Å². The summed E-state index contributed by atoms with van der Waals surface area (Å²) in [5, 5.41) is 11.4. The highest BCUT2D eigenvalue weighted by Gasteiger charge is 2.18. The average molecular weight is 257 g/mol. The molecular weight excluding hydrogens is 251 g/mol. The second-order valence-corrected chi connectivity index (χ2v) is 3.90. The van der Waals surface area contributed by atoms with Crippen LogP contribution in [0.15, 0.2) is 30.6 Å². The van der Waals surface area contributed by atoms with E-state index in [2.05, 4.69) is 4.98 Å². The zero-order valence-electron chi connectivity index (χ0n) is 7.91. The SMILES string of the molecule is O=[N+]([O-])c1c[nH]cc1-c1cccc(Cl)c1Cl. The maximum atomic E-state index is 10.8. The molecule has 0 fully saturated rings. The van der Waals surface area contributed by atoms with Crippen LogP contribution in [0.5, 0.6) is 0 Å². The number of hydrogen-bond acceptors (Lipinski definition) is 2. The summed E-state index contributed by atoms with van der Waals surface area (Å²) in [6.07, 6.45) is 2.84. The smallest absolute Gasteiger partial charge is 0.294 e. The van der Waals surface area contributed by atoms with Crippen molar-refractivity contribution >= 4 is 28.9 Å². The Morgan fingerprint density at radius 2 is 1.94 bits per heavy atom. The van der Waals surface area contributed by atoms with E-state index in [0.29, 0.717) is 21.2 Å². The number of H-pyrrole nitrogens is 1. The molecule has 0 unspecified atom stereocenters. The molecule has 0 saturated carbocycles. The Kier molecular flexibility index (Phi) is 2.85. The number of benzene rings is 1. The first-order valence-corrected chi connectivity index (χ1v) is 5.12. The Morgan fingerprint density at radius 3 is 2.62 bits per heavy atom. The molecule has 82 valence electrons. The summed E-state index contributed by atoms with van der Waals surface area (Å²) in [4.78, 5) is 13.0. The van der Waals surface area contributed by atoms with E-state index in [1.807, 2.05) is 0 Å². The fourth-order valence-corrected chi connectivity index (χ4v) is 1.84. The molecule has 0 atom stereocenters. The second-order valence-electron chi connectivity index (χ2n) is 3.11. The first kappa shape index (κ1) is 11.0. The van der Waals surface area contributed by atoms with Crippen molar-refractivity contribution in [2.24, 2.45) is 0 Å². The summed E-state index contributed by atoms with van der Waals surface area (Å²) in [6.45, 7) is 0. The van der Waals surface area contributed by atoms with Gasteiger partial charge in [-0.1, -0.05) is 35.3 Å². The van der Waals surface area contributed by atoms with Crippen LogP contribution in [-0.2, 0) is 0 Å². The van der Waals surface area contributed by atoms with Crippen molar-refractivity contribution in [3.8, 4) is 11.1 Å². The molecule has 1 N–H and O–H groups in total. The van der Waals surface area contributed by atoms with Crippen LogP contribution >= 0.6 is 23.2 Å². The maximum absolute atomic E-state index is 10.8. The lowest BCUT2D eigenvalue weighted by Crippen LogP contribution is -1.88. The lowest BCUT2D eigenvalue weighted by Gasteiger charge is -2.02. The Balaban J connectivity index is 2.63. The van der Waals surface area contributed by atoms with Crippen molar-refractivity contribution in [3.63, 3.8) is 0 Å². The van der Waals surface area contributed by atoms with Gasteiger partial charge in [0.15, 0.2) is 0 Å². The Morgan fingerprint density at radius 1 is 1.19 bits per heavy atom. The monoisotopic (exact) mass is 256 g/mol. The van der Waals surface area contributed by atoms with Gasteiger partial charge in [-0.25, -0.2) is 0 Å². The van der Waals surface area contributed by atoms with Crippen molar-refractivity contribution in [1.82, 2.24) is 4.98 Å². The van der Waals surface area contributed by atoms with Crippen molar-refractivity contribution in [1.29, 1.82) is 0 Å². The van der Waals surface area contributed by atoms with Crippen LogP contribution in [0.3, 0.4) is 0 Å². The van der Waals surface area contributed by atoms with E-state index in [9.17, 15) is 10.1 Å². The minimum Gasteiger partial charge on any atom is -0.361 e. The molecule has 0 amide bonds. The van der Waals surface area contributed by atoms with E-state index in [4.69, 9.17) is 23.2 Å². The number of aromatic amines is 1. The van der Waals surface area contributed by atoms with Gasteiger partial charge in [-0.15, -0.1) is 0 Å². The fraction of sp³-hybridized carbons (Fsp3) is 0. The molecule has 0 spiro atoms. The molecule has 6 heteroatoms. The zero-order chi connectivity index (χ0) is 11.7. The van der Waals surface area contributed by atoms with Crippen LogP contribution in [0.2, 0.25) is 10.0 Å². The standard InChI is InChI=1S/C10H6Cl2N2O2/c11-8-3-1-2-6(10(8)12)7-4-13-5-9(7)14(15)16/h1-5,13H. The molecule has 4 nitrogen and oxygen atoms in total. The van der Waals surface area contributed by atoms with E-state index < -0.39 is 4.92 Å². The lowest BCUT2D eigenvalue weighted by molar-refractivity contribution is -0.384. The number of nitro groups is 1. The third kappa shape index (κ3) is 1.77. The lowest BCUT2D eigenvalue weighted by atomic mass is 10.1. The predicted molar refractivity (Wildman–Crippen MR) is 62.9 cm³/mol. The van der Waals surface area contributed by atoms with Gasteiger partial charge in [-0.05, 0) is 6.07 Å². The van der Waals surface area contributed by atoms with Crippen LogP contribution in [0.4, 0.5) is 5.69 Å². The van der Waals surface area contributed by atoms with E-state index in [0.717, 1.165) is 0 Å². The highest BCUT2D eigenvalue weighted by atomic mass is 35.5. The number of halogens is 2. The average Bonchev–Trinajstić information content (AvgIpc) is 2.70. The summed E-state index contributed by atoms with van der Waals surface area (Å²) in [7, 11) is 0. The maximum Gasteiger partial charge on any atom is 0.294 e. The van der Waals surface area contributed by atoms with Gasteiger partial charge in [0.05, 0.1) is 26.7 Å². The summed E-state index contributed by atoms with van der Waals surface area (Å²) >= 11 is 11.8. The number of aromatic nitrogens is 1. The molecule has 0 bridgehead atoms. The van der Waals surface area contributed by atoms with E-state index >= 15 is 0 Å². The van der Waals surface area contributed by atoms with Crippen molar-refractivity contribution in [3.05, 3.63) is 50.8 Å².